The molecule has 2 rings (SSSR count). The van der Waals surface area contributed by atoms with E-state index in [1.165, 1.54) is 0 Å². The predicted molar refractivity (Wildman–Crippen MR) is 67.2 cm³/mol. The number of aromatic nitrogens is 2. The molecule has 1 heterocycles. The van der Waals surface area contributed by atoms with Crippen molar-refractivity contribution in [3.63, 3.8) is 0 Å². The van der Waals surface area contributed by atoms with Gasteiger partial charge in [-0.25, -0.2) is 0 Å². The van der Waals surface area contributed by atoms with Crippen LogP contribution in [-0.4, -0.2) is 31.0 Å². The summed E-state index contributed by atoms with van der Waals surface area (Å²) in [5, 5.41) is 11.3. The standard InChI is InChI=1S/C13H17N3O2/c1-14-12(10-6-4-3-5-7-10)13-16-15-11(18-13)8-9-17-2/h3-7,12,14H,8-9H2,1-2H3. The van der Waals surface area contributed by atoms with E-state index in [1.807, 2.05) is 37.4 Å². The van der Waals surface area contributed by atoms with Gasteiger partial charge in [-0.2, -0.15) is 0 Å². The Morgan fingerprint density at radius 3 is 2.72 bits per heavy atom. The van der Waals surface area contributed by atoms with Crippen molar-refractivity contribution in [1.82, 2.24) is 15.5 Å². The number of nitrogens with one attached hydrogen (secondary N) is 1. The molecule has 5 nitrogen and oxygen atoms in total. The van der Waals surface area contributed by atoms with Gasteiger partial charge in [0.2, 0.25) is 11.8 Å². The van der Waals surface area contributed by atoms with E-state index in [2.05, 4.69) is 15.5 Å². The number of hydrogen-bond acceptors (Lipinski definition) is 5. The fourth-order valence-electron chi connectivity index (χ4n) is 1.75. The Morgan fingerprint density at radius 2 is 2.06 bits per heavy atom. The number of hydrogen-bond donors (Lipinski definition) is 1. The topological polar surface area (TPSA) is 60.2 Å². The molecular weight excluding hydrogens is 230 g/mol. The molecule has 5 heteroatoms. The highest BCUT2D eigenvalue weighted by atomic mass is 16.5. The number of methoxy groups -OCH3 is 1. The summed E-state index contributed by atoms with van der Waals surface area (Å²) in [7, 11) is 3.52. The first-order valence-corrected chi connectivity index (χ1v) is 5.88. The highest BCUT2D eigenvalue weighted by Crippen LogP contribution is 2.20. The first-order chi connectivity index (χ1) is 8.85. The van der Waals surface area contributed by atoms with Gasteiger partial charge in [0, 0.05) is 13.5 Å². The van der Waals surface area contributed by atoms with Crippen molar-refractivity contribution >= 4 is 0 Å². The first-order valence-electron chi connectivity index (χ1n) is 5.88. The zero-order valence-corrected chi connectivity index (χ0v) is 10.6. The summed E-state index contributed by atoms with van der Waals surface area (Å²) >= 11 is 0. The van der Waals surface area contributed by atoms with Crippen molar-refractivity contribution in [2.45, 2.75) is 12.5 Å². The largest absolute Gasteiger partial charge is 0.423 e. The van der Waals surface area contributed by atoms with E-state index >= 15 is 0 Å². The molecule has 0 aliphatic carbocycles. The monoisotopic (exact) mass is 247 g/mol. The van der Waals surface area contributed by atoms with Crippen LogP contribution in [-0.2, 0) is 11.2 Å². The molecule has 0 spiro atoms. The van der Waals surface area contributed by atoms with Crippen LogP contribution in [0.1, 0.15) is 23.4 Å². The second-order valence-electron chi connectivity index (χ2n) is 3.91. The Morgan fingerprint density at radius 1 is 1.28 bits per heavy atom. The molecule has 0 aliphatic heterocycles. The van der Waals surface area contributed by atoms with Gasteiger partial charge >= 0.3 is 0 Å². The molecular formula is C13H17N3O2. The first kappa shape index (κ1) is 12.7. The van der Waals surface area contributed by atoms with Crippen molar-refractivity contribution in [2.24, 2.45) is 0 Å². The highest BCUT2D eigenvalue weighted by molar-refractivity contribution is 5.23. The van der Waals surface area contributed by atoms with E-state index in [-0.39, 0.29) is 6.04 Å². The summed E-state index contributed by atoms with van der Waals surface area (Å²) < 4.78 is 10.6. The average Bonchev–Trinajstić information content (AvgIpc) is 2.87. The van der Waals surface area contributed by atoms with Crippen molar-refractivity contribution < 1.29 is 9.15 Å². The molecule has 1 aromatic heterocycles. The summed E-state index contributed by atoms with van der Waals surface area (Å²) in [6, 6.07) is 9.94. The third-order valence-electron chi connectivity index (χ3n) is 2.67. The maximum absolute atomic E-state index is 5.63. The van der Waals surface area contributed by atoms with Gasteiger partial charge in [-0.1, -0.05) is 30.3 Å². The number of ether oxygens (including phenoxy) is 1. The number of rotatable bonds is 6. The molecule has 1 unspecified atom stereocenters. The second kappa shape index (κ2) is 6.28. The van der Waals surface area contributed by atoms with E-state index in [1.54, 1.807) is 7.11 Å². The Balaban J connectivity index is 2.15. The molecule has 18 heavy (non-hydrogen) atoms. The maximum Gasteiger partial charge on any atom is 0.237 e. The van der Waals surface area contributed by atoms with E-state index < -0.39 is 0 Å². The maximum atomic E-state index is 5.63. The normalized spacial score (nSPS) is 12.6. The van der Waals surface area contributed by atoms with Crippen LogP contribution in [0.4, 0.5) is 0 Å². The molecule has 2 aromatic rings. The lowest BCUT2D eigenvalue weighted by Crippen LogP contribution is -2.17. The molecule has 1 atom stereocenters. The van der Waals surface area contributed by atoms with Crippen LogP contribution in [0.2, 0.25) is 0 Å². The third kappa shape index (κ3) is 2.94. The minimum Gasteiger partial charge on any atom is -0.423 e. The molecule has 1 aromatic carbocycles. The molecule has 0 amide bonds. The van der Waals surface area contributed by atoms with Gasteiger partial charge in [0.1, 0.15) is 6.04 Å². The van der Waals surface area contributed by atoms with Crippen LogP contribution >= 0.6 is 0 Å². The summed E-state index contributed by atoms with van der Waals surface area (Å²) in [5.74, 6) is 1.18. The van der Waals surface area contributed by atoms with Crippen LogP contribution in [0, 0.1) is 0 Å². The lowest BCUT2D eigenvalue weighted by Gasteiger charge is -2.11. The fourth-order valence-corrected chi connectivity index (χ4v) is 1.75. The zero-order valence-electron chi connectivity index (χ0n) is 10.6. The summed E-state index contributed by atoms with van der Waals surface area (Å²) in [4.78, 5) is 0. The summed E-state index contributed by atoms with van der Waals surface area (Å²) in [6.45, 7) is 0.581. The van der Waals surface area contributed by atoms with Gasteiger partial charge in [-0.3, -0.25) is 0 Å². The van der Waals surface area contributed by atoms with Crippen LogP contribution < -0.4 is 5.32 Å². The Labute approximate surface area is 106 Å². The molecule has 0 bridgehead atoms. The average molecular weight is 247 g/mol. The predicted octanol–water partition coefficient (Wildman–Crippen LogP) is 1.57. The van der Waals surface area contributed by atoms with Crippen LogP contribution in [0.3, 0.4) is 0 Å². The van der Waals surface area contributed by atoms with Crippen molar-refractivity contribution in [3.05, 3.63) is 47.7 Å². The molecule has 0 aliphatic rings. The SMILES string of the molecule is CNC(c1ccccc1)c1nnc(CCOC)o1. The minimum atomic E-state index is -0.0741. The summed E-state index contributed by atoms with van der Waals surface area (Å²) in [5.41, 5.74) is 1.10. The van der Waals surface area contributed by atoms with Crippen LogP contribution in [0.25, 0.3) is 0 Å². The van der Waals surface area contributed by atoms with Gasteiger partial charge in [-0.05, 0) is 12.6 Å². The van der Waals surface area contributed by atoms with Crippen molar-refractivity contribution in [3.8, 4) is 0 Å². The van der Waals surface area contributed by atoms with E-state index in [0.29, 0.717) is 24.8 Å². The smallest absolute Gasteiger partial charge is 0.237 e. The Bertz CT molecular complexity index is 470. The Hall–Kier alpha value is -1.72. The fraction of sp³-hybridized carbons (Fsp3) is 0.385. The van der Waals surface area contributed by atoms with E-state index in [9.17, 15) is 0 Å². The van der Waals surface area contributed by atoms with Crippen LogP contribution in [0.5, 0.6) is 0 Å². The third-order valence-corrected chi connectivity index (χ3v) is 2.67. The molecule has 96 valence electrons. The Kier molecular flexibility index (Phi) is 4.44. The van der Waals surface area contributed by atoms with Gasteiger partial charge in [0.05, 0.1) is 6.61 Å². The zero-order chi connectivity index (χ0) is 12.8. The summed E-state index contributed by atoms with van der Waals surface area (Å²) in [6.07, 6.45) is 0.634. The molecule has 0 radical (unpaired) electrons. The minimum absolute atomic E-state index is 0.0741. The second-order valence-corrected chi connectivity index (χ2v) is 3.91. The van der Waals surface area contributed by atoms with Crippen molar-refractivity contribution in [1.29, 1.82) is 0 Å². The quantitative estimate of drug-likeness (QED) is 0.839. The molecule has 0 saturated heterocycles. The van der Waals surface area contributed by atoms with Crippen molar-refractivity contribution in [2.75, 3.05) is 20.8 Å². The highest BCUT2D eigenvalue weighted by Gasteiger charge is 2.18. The van der Waals surface area contributed by atoms with Gasteiger partial charge in [-0.15, -0.1) is 10.2 Å². The molecule has 0 saturated carbocycles. The molecule has 0 fully saturated rings. The number of benzene rings is 1. The van der Waals surface area contributed by atoms with Gasteiger partial charge in [0.15, 0.2) is 0 Å². The van der Waals surface area contributed by atoms with Gasteiger partial charge in [0.25, 0.3) is 0 Å². The number of nitrogens with zero attached hydrogens (tertiary/aromatic N) is 2. The lowest BCUT2D eigenvalue weighted by molar-refractivity contribution is 0.194. The van der Waals surface area contributed by atoms with E-state index in [4.69, 9.17) is 9.15 Å². The van der Waals surface area contributed by atoms with Crippen LogP contribution in [0.15, 0.2) is 34.7 Å². The van der Waals surface area contributed by atoms with E-state index in [0.717, 1.165) is 5.56 Å². The lowest BCUT2D eigenvalue weighted by atomic mass is 10.1. The molecule has 1 N–H and O–H groups in total. The van der Waals surface area contributed by atoms with Gasteiger partial charge < -0.3 is 14.5 Å².